The van der Waals surface area contributed by atoms with Crippen LogP contribution >= 0.6 is 0 Å². The van der Waals surface area contributed by atoms with E-state index in [1.54, 1.807) is 0 Å². The first-order chi connectivity index (χ1) is 7.18. The quantitative estimate of drug-likeness (QED) is 0.450. The predicted molar refractivity (Wildman–Crippen MR) is 58.9 cm³/mol. The Labute approximate surface area is 88.0 Å². The van der Waals surface area contributed by atoms with E-state index in [-0.39, 0.29) is 18.0 Å². The fourth-order valence-corrected chi connectivity index (χ4v) is 0.982. The number of hydrogen-bond donors (Lipinski definition) is 1. The molecule has 0 heterocycles. The van der Waals surface area contributed by atoms with E-state index >= 15 is 0 Å². The molecule has 0 aliphatic rings. The minimum Gasteiger partial charge on any atom is -0.300 e. The van der Waals surface area contributed by atoms with E-state index in [4.69, 9.17) is 0 Å². The van der Waals surface area contributed by atoms with Crippen LogP contribution in [0.1, 0.15) is 13.3 Å². The van der Waals surface area contributed by atoms with Crippen molar-refractivity contribution in [3.05, 3.63) is 30.3 Å². The van der Waals surface area contributed by atoms with Crippen LogP contribution in [0.15, 0.2) is 35.4 Å². The minimum absolute atomic E-state index is 0.0973. The predicted octanol–water partition coefficient (Wildman–Crippen LogP) is 1.63. The fourth-order valence-electron chi connectivity index (χ4n) is 0.982. The number of carbonyl (C=O) groups excluding carboxylic acids is 2. The maximum Gasteiger partial charge on any atom is 0.182 e. The van der Waals surface area contributed by atoms with Gasteiger partial charge in [0.2, 0.25) is 0 Å². The first-order valence-corrected chi connectivity index (χ1v) is 4.55. The van der Waals surface area contributed by atoms with Crippen molar-refractivity contribution in [2.45, 2.75) is 13.3 Å². The van der Waals surface area contributed by atoms with Crippen LogP contribution in [0.4, 0.5) is 5.69 Å². The molecule has 0 unspecified atom stereocenters. The summed E-state index contributed by atoms with van der Waals surface area (Å²) in [5.41, 5.74) is 3.48. The lowest BCUT2D eigenvalue weighted by molar-refractivity contribution is -0.122. The number of hydrogen-bond acceptors (Lipinski definition) is 4. The molecule has 0 amide bonds. The van der Waals surface area contributed by atoms with Crippen LogP contribution in [0.3, 0.4) is 0 Å². The van der Waals surface area contributed by atoms with Crippen LogP contribution in [0.2, 0.25) is 0 Å². The minimum atomic E-state index is -0.300. The van der Waals surface area contributed by atoms with Crippen molar-refractivity contribution in [2.75, 3.05) is 5.43 Å². The number of carbonyl (C=O) groups is 2. The standard InChI is InChI=1S/C11H12N2O2/c1-9(14)7-11(15)8-12-13-10-5-3-2-4-6-10/h2-6,8,13H,7H2,1H3/b12-8+. The summed E-state index contributed by atoms with van der Waals surface area (Å²) < 4.78 is 0. The Kier molecular flexibility index (Phi) is 4.22. The van der Waals surface area contributed by atoms with Crippen molar-refractivity contribution in [1.82, 2.24) is 0 Å². The third-order valence-corrected chi connectivity index (χ3v) is 1.60. The van der Waals surface area contributed by atoms with Crippen LogP contribution in [0.5, 0.6) is 0 Å². The van der Waals surface area contributed by atoms with E-state index in [1.807, 2.05) is 30.3 Å². The highest BCUT2D eigenvalue weighted by atomic mass is 16.1. The molecule has 0 fully saturated rings. The number of nitrogens with zero attached hydrogens (tertiary/aromatic N) is 1. The monoisotopic (exact) mass is 204 g/mol. The summed E-state index contributed by atoms with van der Waals surface area (Å²) in [6.07, 6.45) is 1.02. The first kappa shape index (κ1) is 11.1. The van der Waals surface area contributed by atoms with Gasteiger partial charge in [-0.15, -0.1) is 0 Å². The van der Waals surface area contributed by atoms with Gasteiger partial charge in [0.25, 0.3) is 0 Å². The van der Waals surface area contributed by atoms with Gasteiger partial charge >= 0.3 is 0 Å². The molecule has 0 saturated heterocycles. The van der Waals surface area contributed by atoms with Crippen LogP contribution in [0.25, 0.3) is 0 Å². The summed E-state index contributed by atoms with van der Waals surface area (Å²) in [5.74, 6) is -0.461. The van der Waals surface area contributed by atoms with E-state index in [0.29, 0.717) is 0 Å². The highest BCUT2D eigenvalue weighted by Crippen LogP contribution is 2.03. The van der Waals surface area contributed by atoms with E-state index < -0.39 is 0 Å². The first-order valence-electron chi connectivity index (χ1n) is 4.55. The highest BCUT2D eigenvalue weighted by Gasteiger charge is 2.00. The smallest absolute Gasteiger partial charge is 0.182 e. The van der Waals surface area contributed by atoms with Crippen molar-refractivity contribution in [1.29, 1.82) is 0 Å². The summed E-state index contributed by atoms with van der Waals surface area (Å²) in [6, 6.07) is 9.25. The van der Waals surface area contributed by atoms with Crippen molar-refractivity contribution in [3.8, 4) is 0 Å². The molecule has 0 bridgehead atoms. The average molecular weight is 204 g/mol. The van der Waals surface area contributed by atoms with Gasteiger partial charge in [0, 0.05) is 0 Å². The van der Waals surface area contributed by atoms with Gasteiger partial charge in [0.15, 0.2) is 5.78 Å². The molecule has 1 aromatic carbocycles. The molecule has 4 heteroatoms. The largest absolute Gasteiger partial charge is 0.300 e. The van der Waals surface area contributed by atoms with Crippen LogP contribution in [-0.4, -0.2) is 17.8 Å². The highest BCUT2D eigenvalue weighted by molar-refractivity contribution is 6.31. The van der Waals surface area contributed by atoms with Gasteiger partial charge in [-0.05, 0) is 19.1 Å². The molecule has 1 rings (SSSR count). The maximum atomic E-state index is 11.0. The number of para-hydroxylation sites is 1. The lowest BCUT2D eigenvalue weighted by Gasteiger charge is -1.97. The Balaban J connectivity index is 2.40. The summed E-state index contributed by atoms with van der Waals surface area (Å²) >= 11 is 0. The number of Topliss-reactive ketones (excluding diaryl/α,β-unsaturated/α-hetero) is 2. The zero-order valence-corrected chi connectivity index (χ0v) is 8.43. The van der Waals surface area contributed by atoms with E-state index in [0.717, 1.165) is 11.9 Å². The molecule has 0 aliphatic heterocycles. The molecule has 0 aromatic heterocycles. The second-order valence-corrected chi connectivity index (χ2v) is 3.08. The van der Waals surface area contributed by atoms with Crippen LogP contribution in [-0.2, 0) is 9.59 Å². The van der Waals surface area contributed by atoms with Gasteiger partial charge in [0.1, 0.15) is 5.78 Å². The number of nitrogens with one attached hydrogen (secondary N) is 1. The topological polar surface area (TPSA) is 58.5 Å². The summed E-state index contributed by atoms with van der Waals surface area (Å²) in [7, 11) is 0. The van der Waals surface area contributed by atoms with E-state index in [9.17, 15) is 9.59 Å². The second kappa shape index (κ2) is 5.70. The molecular formula is C11H12N2O2. The summed E-state index contributed by atoms with van der Waals surface area (Å²) in [5, 5.41) is 3.72. The third-order valence-electron chi connectivity index (χ3n) is 1.60. The number of rotatable bonds is 5. The van der Waals surface area contributed by atoms with Crippen LogP contribution < -0.4 is 5.43 Å². The summed E-state index contributed by atoms with van der Waals surface area (Å²) in [4.78, 5) is 21.6. The molecule has 0 saturated carbocycles. The van der Waals surface area contributed by atoms with Crippen molar-refractivity contribution >= 4 is 23.5 Å². The Hall–Kier alpha value is -1.97. The van der Waals surface area contributed by atoms with Crippen molar-refractivity contribution in [2.24, 2.45) is 5.10 Å². The number of anilines is 1. The van der Waals surface area contributed by atoms with Gasteiger partial charge in [-0.2, -0.15) is 5.10 Å². The third kappa shape index (κ3) is 4.71. The number of benzene rings is 1. The Bertz CT molecular complexity index is 371. The fraction of sp³-hybridized carbons (Fsp3) is 0.182. The maximum absolute atomic E-state index is 11.0. The normalized spacial score (nSPS) is 10.2. The molecule has 0 spiro atoms. The van der Waals surface area contributed by atoms with Gasteiger partial charge < -0.3 is 0 Å². The lowest BCUT2D eigenvalue weighted by Crippen LogP contribution is -2.06. The van der Waals surface area contributed by atoms with Gasteiger partial charge in [-0.25, -0.2) is 0 Å². The molecular weight excluding hydrogens is 192 g/mol. The van der Waals surface area contributed by atoms with Crippen molar-refractivity contribution in [3.63, 3.8) is 0 Å². The lowest BCUT2D eigenvalue weighted by atomic mass is 10.2. The Morgan fingerprint density at radius 1 is 1.33 bits per heavy atom. The molecule has 1 aromatic rings. The molecule has 1 N–H and O–H groups in total. The SMILES string of the molecule is CC(=O)CC(=O)/C=N/Nc1ccccc1. The zero-order valence-electron chi connectivity index (χ0n) is 8.43. The molecule has 15 heavy (non-hydrogen) atoms. The van der Waals surface area contributed by atoms with E-state index in [1.165, 1.54) is 6.92 Å². The second-order valence-electron chi connectivity index (χ2n) is 3.08. The molecule has 0 aliphatic carbocycles. The number of hydrazone groups is 1. The van der Waals surface area contributed by atoms with Crippen molar-refractivity contribution < 1.29 is 9.59 Å². The Morgan fingerprint density at radius 3 is 2.60 bits per heavy atom. The molecule has 4 nitrogen and oxygen atoms in total. The average Bonchev–Trinajstić information content (AvgIpc) is 2.18. The zero-order chi connectivity index (χ0) is 11.1. The Morgan fingerprint density at radius 2 is 2.00 bits per heavy atom. The molecule has 0 radical (unpaired) electrons. The van der Waals surface area contributed by atoms with Crippen LogP contribution in [0, 0.1) is 0 Å². The number of ketones is 2. The molecule has 0 atom stereocenters. The van der Waals surface area contributed by atoms with Gasteiger partial charge in [0.05, 0.1) is 18.3 Å². The molecule has 78 valence electrons. The summed E-state index contributed by atoms with van der Waals surface area (Å²) in [6.45, 7) is 1.37. The van der Waals surface area contributed by atoms with Gasteiger partial charge in [-0.1, -0.05) is 18.2 Å². The van der Waals surface area contributed by atoms with Gasteiger partial charge in [-0.3, -0.25) is 15.0 Å². The van der Waals surface area contributed by atoms with E-state index in [2.05, 4.69) is 10.5 Å².